The van der Waals surface area contributed by atoms with Gasteiger partial charge >= 0.3 is 5.69 Å². The number of benzene rings is 2. The maximum absolute atomic E-state index is 12.6. The van der Waals surface area contributed by atoms with Crippen LogP contribution in [-0.2, 0) is 10.0 Å². The minimum atomic E-state index is -3.73. The van der Waals surface area contributed by atoms with Gasteiger partial charge in [-0.25, -0.2) is 8.42 Å². The van der Waals surface area contributed by atoms with Gasteiger partial charge < -0.3 is 9.47 Å². The number of hydrogen-bond donors (Lipinski definition) is 0. The summed E-state index contributed by atoms with van der Waals surface area (Å²) in [7, 11) is -3.73. The van der Waals surface area contributed by atoms with Gasteiger partial charge in [0.05, 0.1) is 23.0 Å². The molecule has 0 aliphatic carbocycles. The van der Waals surface area contributed by atoms with E-state index in [9.17, 15) is 18.5 Å². The van der Waals surface area contributed by atoms with Crippen molar-refractivity contribution in [1.29, 1.82) is 0 Å². The first kappa shape index (κ1) is 21.4. The predicted octanol–water partition coefficient (Wildman–Crippen LogP) is 3.88. The van der Waals surface area contributed by atoms with E-state index in [0.717, 1.165) is 18.9 Å². The lowest BCUT2D eigenvalue weighted by atomic mass is 10.3. The van der Waals surface area contributed by atoms with Crippen LogP contribution in [0.25, 0.3) is 0 Å². The van der Waals surface area contributed by atoms with E-state index in [1.807, 2.05) is 0 Å². The van der Waals surface area contributed by atoms with E-state index in [4.69, 9.17) is 21.1 Å². The van der Waals surface area contributed by atoms with Gasteiger partial charge in [0.2, 0.25) is 10.0 Å². The van der Waals surface area contributed by atoms with Gasteiger partial charge in [0.25, 0.3) is 0 Å². The Kier molecular flexibility index (Phi) is 6.94. The molecule has 2 aromatic rings. The van der Waals surface area contributed by atoms with E-state index >= 15 is 0 Å². The Labute approximate surface area is 174 Å². The van der Waals surface area contributed by atoms with Gasteiger partial charge in [-0.1, -0.05) is 11.6 Å². The maximum atomic E-state index is 12.6. The summed E-state index contributed by atoms with van der Waals surface area (Å²) in [5.74, 6) is 0.693. The Morgan fingerprint density at radius 1 is 1.03 bits per heavy atom. The van der Waals surface area contributed by atoms with Crippen molar-refractivity contribution < 1.29 is 22.8 Å². The quantitative estimate of drug-likeness (QED) is 0.333. The highest BCUT2D eigenvalue weighted by Crippen LogP contribution is 2.32. The third-order valence-corrected chi connectivity index (χ3v) is 6.61. The van der Waals surface area contributed by atoms with Gasteiger partial charge in [-0.2, -0.15) is 4.31 Å². The van der Waals surface area contributed by atoms with Gasteiger partial charge in [-0.3, -0.25) is 10.1 Å². The molecule has 10 heteroatoms. The van der Waals surface area contributed by atoms with E-state index in [0.29, 0.717) is 36.9 Å². The van der Waals surface area contributed by atoms with E-state index in [1.165, 1.54) is 16.4 Å². The van der Waals surface area contributed by atoms with Crippen molar-refractivity contribution in [3.8, 4) is 11.5 Å². The second kappa shape index (κ2) is 9.43. The summed E-state index contributed by atoms with van der Waals surface area (Å²) in [5.41, 5.74) is -0.371. The van der Waals surface area contributed by atoms with Crippen LogP contribution in [0, 0.1) is 10.1 Å². The number of ether oxygens (including phenoxy) is 2. The maximum Gasteiger partial charge on any atom is 0.312 e. The fourth-order valence-electron chi connectivity index (χ4n) is 2.96. The number of hydrogen-bond acceptors (Lipinski definition) is 6. The molecule has 3 rings (SSSR count). The Hall–Kier alpha value is -2.36. The number of nitro benzene ring substituents is 1. The highest BCUT2D eigenvalue weighted by atomic mass is 35.5. The van der Waals surface area contributed by atoms with Gasteiger partial charge in [0.1, 0.15) is 5.75 Å². The molecule has 0 unspecified atom stereocenters. The molecule has 1 saturated heterocycles. The van der Waals surface area contributed by atoms with Crippen molar-refractivity contribution in [2.24, 2.45) is 0 Å². The van der Waals surface area contributed by atoms with Gasteiger partial charge in [0.15, 0.2) is 5.75 Å². The minimum absolute atomic E-state index is 0.0295. The molecule has 0 saturated carbocycles. The molecule has 0 N–H and O–H groups in total. The monoisotopic (exact) mass is 440 g/mol. The summed E-state index contributed by atoms with van der Waals surface area (Å²) in [6.45, 7) is 1.41. The first-order chi connectivity index (χ1) is 13.9. The summed E-state index contributed by atoms with van der Waals surface area (Å²) in [6.07, 6.45) is 2.08. The minimum Gasteiger partial charge on any atom is -0.493 e. The normalized spacial score (nSPS) is 14.7. The Morgan fingerprint density at radius 2 is 1.69 bits per heavy atom. The van der Waals surface area contributed by atoms with Gasteiger partial charge in [-0.15, -0.1) is 0 Å². The Morgan fingerprint density at radius 3 is 2.34 bits per heavy atom. The molecule has 0 atom stereocenters. The smallest absolute Gasteiger partial charge is 0.312 e. The van der Waals surface area contributed by atoms with Crippen molar-refractivity contribution in [2.45, 2.75) is 24.2 Å². The second-order valence-electron chi connectivity index (χ2n) is 6.50. The molecule has 8 nitrogen and oxygen atoms in total. The lowest BCUT2D eigenvalue weighted by molar-refractivity contribution is -0.386. The Bertz CT molecular complexity index is 959. The van der Waals surface area contributed by atoms with Crippen LogP contribution in [-0.4, -0.2) is 43.9 Å². The summed E-state index contributed by atoms with van der Waals surface area (Å²) in [4.78, 5) is 10.7. The third kappa shape index (κ3) is 5.37. The van der Waals surface area contributed by atoms with E-state index in [2.05, 4.69) is 0 Å². The summed E-state index contributed by atoms with van der Waals surface area (Å²) >= 11 is 5.81. The molecule has 0 radical (unpaired) electrons. The summed E-state index contributed by atoms with van der Waals surface area (Å²) < 4.78 is 37.6. The standard InChI is InChI=1S/C19H21ClN2O6S/c20-15-4-6-16(7-5-15)27-12-3-13-28-19-9-8-17(14-18(19)22(23)24)29(25,26)21-10-1-2-11-21/h4-9,14H,1-3,10-13H2. The SMILES string of the molecule is O=[N+]([O-])c1cc(S(=O)(=O)N2CCCC2)ccc1OCCCOc1ccc(Cl)cc1. The second-order valence-corrected chi connectivity index (χ2v) is 8.88. The molecular formula is C19H21ClN2O6S. The van der Waals surface area contributed by atoms with E-state index in [-0.39, 0.29) is 22.9 Å². The van der Waals surface area contributed by atoms with Crippen molar-refractivity contribution in [3.05, 3.63) is 57.6 Å². The lowest BCUT2D eigenvalue weighted by Crippen LogP contribution is -2.27. The van der Waals surface area contributed by atoms with Crippen LogP contribution in [0.5, 0.6) is 11.5 Å². The molecule has 1 fully saturated rings. The molecule has 156 valence electrons. The molecule has 0 amide bonds. The fraction of sp³-hybridized carbons (Fsp3) is 0.368. The number of nitrogens with zero attached hydrogens (tertiary/aromatic N) is 2. The lowest BCUT2D eigenvalue weighted by Gasteiger charge is -2.16. The molecule has 29 heavy (non-hydrogen) atoms. The summed E-state index contributed by atoms with van der Waals surface area (Å²) in [5, 5.41) is 12.0. The predicted molar refractivity (Wildman–Crippen MR) is 108 cm³/mol. The van der Waals surface area contributed by atoms with Crippen molar-refractivity contribution >= 4 is 27.3 Å². The zero-order valence-electron chi connectivity index (χ0n) is 15.6. The van der Waals surface area contributed by atoms with E-state index < -0.39 is 14.9 Å². The average molecular weight is 441 g/mol. The molecular weight excluding hydrogens is 420 g/mol. The molecule has 2 aromatic carbocycles. The number of rotatable bonds is 9. The van der Waals surface area contributed by atoms with Crippen LogP contribution < -0.4 is 9.47 Å². The molecule has 0 spiro atoms. The molecule has 0 bridgehead atoms. The van der Waals surface area contributed by atoms with E-state index in [1.54, 1.807) is 24.3 Å². The van der Waals surface area contributed by atoms with Crippen LogP contribution in [0.15, 0.2) is 47.4 Å². The van der Waals surface area contributed by atoms with Crippen LogP contribution in [0.3, 0.4) is 0 Å². The first-order valence-corrected chi connectivity index (χ1v) is 11.0. The third-order valence-electron chi connectivity index (χ3n) is 4.46. The molecule has 1 aliphatic heterocycles. The number of nitro groups is 1. The largest absolute Gasteiger partial charge is 0.493 e. The molecule has 1 aliphatic rings. The molecule has 0 aromatic heterocycles. The highest BCUT2D eigenvalue weighted by molar-refractivity contribution is 7.89. The zero-order valence-corrected chi connectivity index (χ0v) is 17.2. The first-order valence-electron chi connectivity index (χ1n) is 9.18. The average Bonchev–Trinajstić information content (AvgIpc) is 3.25. The Balaban J connectivity index is 1.60. The van der Waals surface area contributed by atoms with Gasteiger partial charge in [0, 0.05) is 30.6 Å². The topological polar surface area (TPSA) is 99.0 Å². The van der Waals surface area contributed by atoms with Crippen LogP contribution in [0.4, 0.5) is 5.69 Å². The number of halogens is 1. The zero-order chi connectivity index (χ0) is 20.9. The fourth-order valence-corrected chi connectivity index (χ4v) is 4.63. The van der Waals surface area contributed by atoms with Gasteiger partial charge in [-0.05, 0) is 49.2 Å². The van der Waals surface area contributed by atoms with Crippen LogP contribution in [0.2, 0.25) is 5.02 Å². The van der Waals surface area contributed by atoms with Crippen LogP contribution >= 0.6 is 11.6 Å². The number of sulfonamides is 1. The van der Waals surface area contributed by atoms with Crippen molar-refractivity contribution in [3.63, 3.8) is 0 Å². The summed E-state index contributed by atoms with van der Waals surface area (Å²) in [6, 6.07) is 10.7. The molecule has 1 heterocycles. The highest BCUT2D eigenvalue weighted by Gasteiger charge is 2.29. The van der Waals surface area contributed by atoms with Crippen LogP contribution in [0.1, 0.15) is 19.3 Å². The van der Waals surface area contributed by atoms with Crippen molar-refractivity contribution in [1.82, 2.24) is 4.31 Å². The van der Waals surface area contributed by atoms with Crippen molar-refractivity contribution in [2.75, 3.05) is 26.3 Å².